The number of carbonyl (C=O) groups excluding carboxylic acids is 1. The smallest absolute Gasteiger partial charge is 0.308 e. The maximum absolute atomic E-state index is 11.6. The van der Waals surface area contributed by atoms with Crippen molar-refractivity contribution in [2.45, 2.75) is 59.9 Å². The Morgan fingerprint density at radius 1 is 1.20 bits per heavy atom. The van der Waals surface area contributed by atoms with E-state index < -0.39 is 11.9 Å². The Morgan fingerprint density at radius 2 is 1.80 bits per heavy atom. The quantitative estimate of drug-likeness (QED) is 0.567. The fourth-order valence-electron chi connectivity index (χ4n) is 1.95. The zero-order valence-corrected chi connectivity index (χ0v) is 13.5. The predicted molar refractivity (Wildman–Crippen MR) is 80.6 cm³/mol. The minimum atomic E-state index is -0.846. The molecular formula is C15H30N2O3. The van der Waals surface area contributed by atoms with E-state index in [2.05, 4.69) is 24.5 Å². The van der Waals surface area contributed by atoms with Crippen molar-refractivity contribution >= 4 is 11.9 Å². The van der Waals surface area contributed by atoms with Crippen LogP contribution in [0.2, 0.25) is 0 Å². The Kier molecular flexibility index (Phi) is 8.46. The van der Waals surface area contributed by atoms with Gasteiger partial charge in [-0.1, -0.05) is 34.6 Å². The molecule has 0 saturated carbocycles. The van der Waals surface area contributed by atoms with E-state index in [1.54, 1.807) is 0 Å². The molecule has 0 heterocycles. The molecule has 1 atom stereocenters. The molecule has 118 valence electrons. The predicted octanol–water partition coefficient (Wildman–Crippen LogP) is 2.02. The number of hydrogen-bond donors (Lipinski definition) is 3. The van der Waals surface area contributed by atoms with Crippen LogP contribution in [0.25, 0.3) is 0 Å². The van der Waals surface area contributed by atoms with Crippen LogP contribution in [0.15, 0.2) is 0 Å². The van der Waals surface area contributed by atoms with Crippen LogP contribution in [0.5, 0.6) is 0 Å². The Labute approximate surface area is 122 Å². The van der Waals surface area contributed by atoms with Crippen molar-refractivity contribution in [3.8, 4) is 0 Å². The maximum Gasteiger partial charge on any atom is 0.308 e. The third kappa shape index (κ3) is 10.8. The first-order chi connectivity index (χ1) is 9.11. The number of nitrogens with one attached hydrogen (secondary N) is 2. The van der Waals surface area contributed by atoms with Crippen LogP contribution in [0.4, 0.5) is 0 Å². The molecule has 0 aliphatic carbocycles. The minimum absolute atomic E-state index is 0.0605. The second kappa shape index (κ2) is 8.95. The molecule has 3 N–H and O–H groups in total. The first kappa shape index (κ1) is 18.9. The summed E-state index contributed by atoms with van der Waals surface area (Å²) >= 11 is 0. The SMILES string of the molecule is CC(C)NCCCC(=O)NCC(CC(C)(C)C)C(=O)O. The lowest BCUT2D eigenvalue weighted by molar-refractivity contribution is -0.142. The highest BCUT2D eigenvalue weighted by molar-refractivity contribution is 5.77. The summed E-state index contributed by atoms with van der Waals surface area (Å²) in [6.45, 7) is 11.1. The number of carboxylic acids is 1. The van der Waals surface area contributed by atoms with Gasteiger partial charge in [0.25, 0.3) is 0 Å². The first-order valence-electron chi connectivity index (χ1n) is 7.34. The minimum Gasteiger partial charge on any atom is -0.481 e. The van der Waals surface area contributed by atoms with Crippen LogP contribution < -0.4 is 10.6 Å². The lowest BCUT2D eigenvalue weighted by atomic mass is 9.84. The monoisotopic (exact) mass is 286 g/mol. The Hall–Kier alpha value is -1.10. The Balaban J connectivity index is 3.97. The molecule has 0 fully saturated rings. The molecule has 0 aliphatic rings. The van der Waals surface area contributed by atoms with Gasteiger partial charge in [-0.3, -0.25) is 9.59 Å². The summed E-state index contributed by atoms with van der Waals surface area (Å²) in [5.41, 5.74) is -0.0605. The van der Waals surface area contributed by atoms with Gasteiger partial charge in [-0.25, -0.2) is 0 Å². The van der Waals surface area contributed by atoms with Crippen molar-refractivity contribution < 1.29 is 14.7 Å². The van der Waals surface area contributed by atoms with E-state index in [4.69, 9.17) is 5.11 Å². The lowest BCUT2D eigenvalue weighted by Crippen LogP contribution is -2.35. The maximum atomic E-state index is 11.6. The van der Waals surface area contributed by atoms with E-state index in [1.807, 2.05) is 20.8 Å². The van der Waals surface area contributed by atoms with E-state index in [1.165, 1.54) is 0 Å². The van der Waals surface area contributed by atoms with Crippen molar-refractivity contribution in [1.82, 2.24) is 10.6 Å². The Bertz CT molecular complexity index is 309. The molecule has 0 rings (SSSR count). The van der Waals surface area contributed by atoms with E-state index in [-0.39, 0.29) is 17.9 Å². The largest absolute Gasteiger partial charge is 0.481 e. The van der Waals surface area contributed by atoms with E-state index in [0.29, 0.717) is 18.9 Å². The number of carbonyl (C=O) groups is 2. The van der Waals surface area contributed by atoms with Crippen molar-refractivity contribution in [3.63, 3.8) is 0 Å². The third-order valence-corrected chi connectivity index (χ3v) is 2.89. The van der Waals surface area contributed by atoms with Crippen LogP contribution in [-0.4, -0.2) is 36.1 Å². The van der Waals surface area contributed by atoms with E-state index in [0.717, 1.165) is 13.0 Å². The van der Waals surface area contributed by atoms with Crippen LogP contribution in [0.3, 0.4) is 0 Å². The summed E-state index contributed by atoms with van der Waals surface area (Å²) < 4.78 is 0. The molecule has 0 aromatic carbocycles. The van der Waals surface area contributed by atoms with Crippen molar-refractivity contribution in [2.24, 2.45) is 11.3 Å². The highest BCUT2D eigenvalue weighted by Crippen LogP contribution is 2.24. The molecule has 0 spiro atoms. The topological polar surface area (TPSA) is 78.4 Å². The molecule has 5 nitrogen and oxygen atoms in total. The summed E-state index contributed by atoms with van der Waals surface area (Å²) in [5, 5.41) is 15.1. The lowest BCUT2D eigenvalue weighted by Gasteiger charge is -2.23. The van der Waals surface area contributed by atoms with Crippen molar-refractivity contribution in [3.05, 3.63) is 0 Å². The van der Waals surface area contributed by atoms with Crippen molar-refractivity contribution in [2.75, 3.05) is 13.1 Å². The van der Waals surface area contributed by atoms with Gasteiger partial charge in [0, 0.05) is 19.0 Å². The van der Waals surface area contributed by atoms with Crippen LogP contribution >= 0.6 is 0 Å². The molecule has 0 bridgehead atoms. The molecule has 0 aromatic heterocycles. The number of rotatable bonds is 9. The molecule has 1 unspecified atom stereocenters. The number of aliphatic carboxylic acids is 1. The van der Waals surface area contributed by atoms with E-state index >= 15 is 0 Å². The van der Waals surface area contributed by atoms with Gasteiger partial charge in [0.15, 0.2) is 0 Å². The second-order valence-corrected chi connectivity index (χ2v) is 6.82. The average molecular weight is 286 g/mol. The number of carboxylic acid groups (broad SMARTS) is 1. The van der Waals surface area contributed by atoms with E-state index in [9.17, 15) is 9.59 Å². The molecular weight excluding hydrogens is 256 g/mol. The fraction of sp³-hybridized carbons (Fsp3) is 0.867. The van der Waals surface area contributed by atoms with Crippen LogP contribution in [-0.2, 0) is 9.59 Å². The molecule has 0 radical (unpaired) electrons. The van der Waals surface area contributed by atoms with Gasteiger partial charge in [0.2, 0.25) is 5.91 Å². The van der Waals surface area contributed by atoms with Gasteiger partial charge in [0.1, 0.15) is 0 Å². The molecule has 0 aromatic rings. The zero-order chi connectivity index (χ0) is 15.8. The second-order valence-electron chi connectivity index (χ2n) is 6.82. The highest BCUT2D eigenvalue weighted by atomic mass is 16.4. The van der Waals surface area contributed by atoms with Gasteiger partial charge in [-0.05, 0) is 24.8 Å². The van der Waals surface area contributed by atoms with Crippen LogP contribution in [0, 0.1) is 11.3 Å². The average Bonchev–Trinajstić information content (AvgIpc) is 2.28. The molecule has 0 saturated heterocycles. The standard InChI is InChI=1S/C15H30N2O3/c1-11(2)16-8-6-7-13(18)17-10-12(14(19)20)9-15(3,4)5/h11-12,16H,6-10H2,1-5H3,(H,17,18)(H,19,20). The molecule has 5 heteroatoms. The van der Waals surface area contributed by atoms with Crippen LogP contribution in [0.1, 0.15) is 53.9 Å². The number of hydrogen-bond acceptors (Lipinski definition) is 3. The normalized spacial score (nSPS) is 13.3. The van der Waals surface area contributed by atoms with Gasteiger partial charge in [0.05, 0.1) is 5.92 Å². The highest BCUT2D eigenvalue weighted by Gasteiger charge is 2.24. The molecule has 1 amide bonds. The van der Waals surface area contributed by atoms with Gasteiger partial charge < -0.3 is 15.7 Å². The Morgan fingerprint density at radius 3 is 2.25 bits per heavy atom. The zero-order valence-electron chi connectivity index (χ0n) is 13.5. The molecule has 0 aliphatic heterocycles. The van der Waals surface area contributed by atoms with Crippen molar-refractivity contribution in [1.29, 1.82) is 0 Å². The summed E-state index contributed by atoms with van der Waals surface area (Å²) in [6.07, 6.45) is 1.75. The van der Waals surface area contributed by atoms with Gasteiger partial charge in [-0.15, -0.1) is 0 Å². The summed E-state index contributed by atoms with van der Waals surface area (Å²) in [6, 6.07) is 0.418. The summed E-state index contributed by atoms with van der Waals surface area (Å²) in [4.78, 5) is 22.8. The van der Waals surface area contributed by atoms with Gasteiger partial charge in [-0.2, -0.15) is 0 Å². The number of amides is 1. The van der Waals surface area contributed by atoms with Gasteiger partial charge >= 0.3 is 5.97 Å². The summed E-state index contributed by atoms with van der Waals surface area (Å²) in [7, 11) is 0. The fourth-order valence-corrected chi connectivity index (χ4v) is 1.95. The first-order valence-corrected chi connectivity index (χ1v) is 7.34. The molecule has 20 heavy (non-hydrogen) atoms. The summed E-state index contributed by atoms with van der Waals surface area (Å²) in [5.74, 6) is -1.44. The third-order valence-electron chi connectivity index (χ3n) is 2.89.